The molecular weight excluding hydrogens is 350 g/mol. The molecule has 2 N–H and O–H groups in total. The number of H-pyrrole nitrogens is 1. The van der Waals surface area contributed by atoms with E-state index in [1.54, 1.807) is 4.90 Å². The van der Waals surface area contributed by atoms with Crippen molar-refractivity contribution in [3.63, 3.8) is 0 Å². The number of hydrogen-bond donors (Lipinski definition) is 2. The van der Waals surface area contributed by atoms with E-state index in [0.29, 0.717) is 23.7 Å². The van der Waals surface area contributed by atoms with Crippen LogP contribution in [0.15, 0.2) is 48.5 Å². The minimum absolute atomic E-state index is 0.166. The maximum absolute atomic E-state index is 12.4. The van der Waals surface area contributed by atoms with Gasteiger partial charge < -0.3 is 15.2 Å². The van der Waals surface area contributed by atoms with Crippen LogP contribution in [0.4, 0.5) is 5.69 Å². The molecule has 0 saturated carbocycles. The van der Waals surface area contributed by atoms with Gasteiger partial charge in [-0.05, 0) is 30.2 Å². The number of nitrogens with zero attached hydrogens (tertiary/aromatic N) is 1. The summed E-state index contributed by atoms with van der Waals surface area (Å²) in [6.45, 7) is 1.16. The molecule has 0 radical (unpaired) electrons. The summed E-state index contributed by atoms with van der Waals surface area (Å²) in [6, 6.07) is 15.2. The number of aromatic nitrogens is 1. The molecule has 3 aromatic rings. The Kier molecular flexibility index (Phi) is 4.39. The average Bonchev–Trinajstić information content (AvgIpc) is 3.24. The third-order valence-corrected chi connectivity index (χ3v) is 5.04. The van der Waals surface area contributed by atoms with Crippen LogP contribution < -0.4 is 10.2 Å². The predicted octanol–water partition coefficient (Wildman–Crippen LogP) is 3.88. The van der Waals surface area contributed by atoms with Gasteiger partial charge in [0, 0.05) is 36.1 Å². The molecule has 0 atom stereocenters. The quantitative estimate of drug-likeness (QED) is 0.735. The number of carbonyl (C=O) groups excluding carboxylic acids is 2. The van der Waals surface area contributed by atoms with Gasteiger partial charge in [-0.2, -0.15) is 0 Å². The summed E-state index contributed by atoms with van der Waals surface area (Å²) in [4.78, 5) is 29.1. The molecule has 0 bridgehead atoms. The maximum Gasteiger partial charge on any atom is 0.269 e. The van der Waals surface area contributed by atoms with Crippen molar-refractivity contribution in [3.8, 4) is 0 Å². The second-order valence-electron chi connectivity index (χ2n) is 6.36. The number of halogens is 1. The fourth-order valence-corrected chi connectivity index (χ4v) is 3.55. The van der Waals surface area contributed by atoms with Crippen LogP contribution in [0.5, 0.6) is 0 Å². The van der Waals surface area contributed by atoms with E-state index in [1.165, 1.54) is 0 Å². The molecule has 26 heavy (non-hydrogen) atoms. The van der Waals surface area contributed by atoms with E-state index in [4.69, 9.17) is 11.6 Å². The van der Waals surface area contributed by atoms with Crippen LogP contribution in [0.2, 0.25) is 5.02 Å². The summed E-state index contributed by atoms with van der Waals surface area (Å²) in [6.07, 6.45) is 1.52. The van der Waals surface area contributed by atoms with Crippen molar-refractivity contribution in [1.82, 2.24) is 10.3 Å². The number of fused-ring (bicyclic) bond motifs is 1. The first-order valence-electron chi connectivity index (χ1n) is 8.57. The second kappa shape index (κ2) is 6.84. The van der Waals surface area contributed by atoms with Crippen molar-refractivity contribution >= 4 is 40.0 Å². The number of anilines is 1. The molecule has 132 valence electrons. The molecule has 0 spiro atoms. The van der Waals surface area contributed by atoms with E-state index in [9.17, 15) is 9.59 Å². The van der Waals surface area contributed by atoms with Crippen LogP contribution in [0.1, 0.15) is 28.9 Å². The topological polar surface area (TPSA) is 65.2 Å². The lowest BCUT2D eigenvalue weighted by molar-refractivity contribution is -0.117. The fraction of sp³-hybridized carbons (Fsp3) is 0.200. The lowest BCUT2D eigenvalue weighted by Crippen LogP contribution is -2.24. The Morgan fingerprint density at radius 1 is 1.15 bits per heavy atom. The van der Waals surface area contributed by atoms with Gasteiger partial charge in [0.2, 0.25) is 5.91 Å². The molecule has 5 nitrogen and oxygen atoms in total. The monoisotopic (exact) mass is 367 g/mol. The number of rotatable bonds is 4. The van der Waals surface area contributed by atoms with Crippen LogP contribution >= 0.6 is 11.6 Å². The largest absolute Gasteiger partial charge is 0.349 e. The van der Waals surface area contributed by atoms with Crippen LogP contribution in [0.3, 0.4) is 0 Å². The molecule has 1 fully saturated rings. The van der Waals surface area contributed by atoms with Crippen molar-refractivity contribution in [2.75, 3.05) is 11.4 Å². The minimum Gasteiger partial charge on any atom is -0.349 e. The molecule has 2 heterocycles. The van der Waals surface area contributed by atoms with E-state index >= 15 is 0 Å². The molecule has 2 aromatic carbocycles. The van der Waals surface area contributed by atoms with Gasteiger partial charge in [0.25, 0.3) is 5.91 Å². The Bertz CT molecular complexity index is 978. The highest BCUT2D eigenvalue weighted by atomic mass is 35.5. The number of amides is 2. The molecule has 1 aliphatic heterocycles. The molecule has 1 aromatic heterocycles. The van der Waals surface area contributed by atoms with Gasteiger partial charge >= 0.3 is 0 Å². The summed E-state index contributed by atoms with van der Waals surface area (Å²) >= 11 is 6.31. The molecule has 1 aliphatic rings. The highest BCUT2D eigenvalue weighted by molar-refractivity contribution is 6.38. The van der Waals surface area contributed by atoms with E-state index in [-0.39, 0.29) is 11.8 Å². The molecule has 6 heteroatoms. The summed E-state index contributed by atoms with van der Waals surface area (Å²) in [5.41, 5.74) is 3.07. The number of aromatic amines is 1. The predicted molar refractivity (Wildman–Crippen MR) is 103 cm³/mol. The number of benzene rings is 2. The van der Waals surface area contributed by atoms with Gasteiger partial charge in [-0.1, -0.05) is 41.9 Å². The number of nitrogens with one attached hydrogen (secondary N) is 2. The van der Waals surface area contributed by atoms with Gasteiger partial charge in [0.15, 0.2) is 0 Å². The van der Waals surface area contributed by atoms with Crippen LogP contribution in [-0.2, 0) is 11.3 Å². The first-order valence-corrected chi connectivity index (χ1v) is 8.95. The summed E-state index contributed by atoms with van der Waals surface area (Å²) in [7, 11) is 0. The van der Waals surface area contributed by atoms with Crippen molar-refractivity contribution in [2.45, 2.75) is 19.4 Å². The molecular formula is C20H18ClN3O2. The van der Waals surface area contributed by atoms with Crippen LogP contribution in [0, 0.1) is 0 Å². The zero-order valence-corrected chi connectivity index (χ0v) is 14.8. The van der Waals surface area contributed by atoms with Gasteiger partial charge in [-0.25, -0.2) is 0 Å². The first kappa shape index (κ1) is 16.7. The van der Waals surface area contributed by atoms with Crippen molar-refractivity contribution < 1.29 is 9.59 Å². The highest BCUT2D eigenvalue weighted by Crippen LogP contribution is 2.27. The second-order valence-corrected chi connectivity index (χ2v) is 6.74. The van der Waals surface area contributed by atoms with Gasteiger partial charge in [0.05, 0.1) is 5.02 Å². The summed E-state index contributed by atoms with van der Waals surface area (Å²) in [5, 5.41) is 4.14. The van der Waals surface area contributed by atoms with Gasteiger partial charge in [-0.3, -0.25) is 9.59 Å². The van der Waals surface area contributed by atoms with E-state index < -0.39 is 0 Å². The molecule has 0 unspecified atom stereocenters. The third-order valence-electron chi connectivity index (χ3n) is 4.64. The Labute approximate surface area is 155 Å². The zero-order chi connectivity index (χ0) is 18.1. The van der Waals surface area contributed by atoms with Gasteiger partial charge in [-0.15, -0.1) is 0 Å². The number of carbonyl (C=O) groups is 2. The Morgan fingerprint density at radius 2 is 1.92 bits per heavy atom. The van der Waals surface area contributed by atoms with E-state index in [0.717, 1.165) is 35.1 Å². The lowest BCUT2D eigenvalue weighted by Gasteiger charge is -2.16. The SMILES string of the molecule is O=C(NCc1ccc(N2CCCC2=O)cc1)c1[nH]c2ccccc2c1Cl. The number of hydrogen-bond acceptors (Lipinski definition) is 2. The Balaban J connectivity index is 1.44. The standard InChI is InChI=1S/C20H18ClN3O2/c21-18-15-4-1-2-5-16(15)23-19(18)20(26)22-12-13-7-9-14(10-8-13)24-11-3-6-17(24)25/h1-2,4-5,7-10,23H,3,6,11-12H2,(H,22,26). The van der Waals surface area contributed by atoms with E-state index in [2.05, 4.69) is 10.3 Å². The summed E-state index contributed by atoms with van der Waals surface area (Å²) < 4.78 is 0. The molecule has 1 saturated heterocycles. The lowest BCUT2D eigenvalue weighted by atomic mass is 10.2. The molecule has 4 rings (SSSR count). The molecule has 0 aliphatic carbocycles. The van der Waals surface area contributed by atoms with Crippen LogP contribution in [-0.4, -0.2) is 23.3 Å². The Hall–Kier alpha value is -2.79. The fourth-order valence-electron chi connectivity index (χ4n) is 3.25. The summed E-state index contributed by atoms with van der Waals surface area (Å²) in [5.74, 6) is -0.0792. The zero-order valence-electron chi connectivity index (χ0n) is 14.1. The van der Waals surface area contributed by atoms with Crippen molar-refractivity contribution in [3.05, 3.63) is 64.8 Å². The Morgan fingerprint density at radius 3 is 2.62 bits per heavy atom. The van der Waals surface area contributed by atoms with E-state index in [1.807, 2.05) is 48.5 Å². The van der Waals surface area contributed by atoms with Crippen molar-refractivity contribution in [1.29, 1.82) is 0 Å². The van der Waals surface area contributed by atoms with Crippen molar-refractivity contribution in [2.24, 2.45) is 0 Å². The average molecular weight is 368 g/mol. The number of para-hydroxylation sites is 1. The van der Waals surface area contributed by atoms with Gasteiger partial charge in [0.1, 0.15) is 5.69 Å². The third kappa shape index (κ3) is 3.06. The van der Waals surface area contributed by atoms with Crippen LogP contribution in [0.25, 0.3) is 10.9 Å². The highest BCUT2D eigenvalue weighted by Gasteiger charge is 2.21. The normalized spacial score (nSPS) is 14.2. The first-order chi connectivity index (χ1) is 12.6. The maximum atomic E-state index is 12.4. The smallest absolute Gasteiger partial charge is 0.269 e. The minimum atomic E-state index is -0.245. The molecule has 2 amide bonds.